The molecule has 0 saturated heterocycles. The molecule has 0 fully saturated rings. The van der Waals surface area contributed by atoms with Crippen molar-refractivity contribution >= 4 is 0 Å². The molecule has 0 atom stereocenters. The Balaban J connectivity index is 2.22. The minimum atomic E-state index is 0.823. The second kappa shape index (κ2) is 7.59. The van der Waals surface area contributed by atoms with E-state index in [9.17, 15) is 0 Å². The molecule has 0 amide bonds. The molecule has 0 N–H and O–H groups in total. The standard InChI is InChI=1S/C18H22O4/c1-19-15-7-9-17(21-3)13(11-15)5-6-14-12-16(20-2)8-10-18(14)22-4/h7-12H,5-6H2,1-4H3. The zero-order chi connectivity index (χ0) is 15.9. The smallest absolute Gasteiger partial charge is 0.122 e. The van der Waals surface area contributed by atoms with Crippen LogP contribution in [0.25, 0.3) is 0 Å². The van der Waals surface area contributed by atoms with Crippen LogP contribution in [0.2, 0.25) is 0 Å². The van der Waals surface area contributed by atoms with Crippen molar-refractivity contribution in [3.63, 3.8) is 0 Å². The van der Waals surface area contributed by atoms with Crippen LogP contribution in [-0.2, 0) is 12.8 Å². The highest BCUT2D eigenvalue weighted by molar-refractivity contribution is 5.43. The Morgan fingerprint density at radius 1 is 0.591 bits per heavy atom. The second-order valence-electron chi connectivity index (χ2n) is 4.86. The molecular formula is C18H22O4. The first-order valence-electron chi connectivity index (χ1n) is 7.13. The lowest BCUT2D eigenvalue weighted by molar-refractivity contribution is 0.395. The molecule has 0 saturated carbocycles. The highest BCUT2D eigenvalue weighted by atomic mass is 16.5. The van der Waals surface area contributed by atoms with Crippen molar-refractivity contribution in [2.24, 2.45) is 0 Å². The second-order valence-corrected chi connectivity index (χ2v) is 4.86. The Kier molecular flexibility index (Phi) is 5.53. The summed E-state index contributed by atoms with van der Waals surface area (Å²) in [5.74, 6) is 3.38. The molecule has 0 unspecified atom stereocenters. The van der Waals surface area contributed by atoms with Crippen molar-refractivity contribution in [3.05, 3.63) is 47.5 Å². The fourth-order valence-electron chi connectivity index (χ4n) is 2.42. The average molecular weight is 302 g/mol. The van der Waals surface area contributed by atoms with Gasteiger partial charge in [-0.2, -0.15) is 0 Å². The monoisotopic (exact) mass is 302 g/mol. The van der Waals surface area contributed by atoms with Gasteiger partial charge in [-0.05, 0) is 60.4 Å². The summed E-state index contributed by atoms with van der Waals surface area (Å²) in [4.78, 5) is 0. The van der Waals surface area contributed by atoms with Gasteiger partial charge in [-0.1, -0.05) is 0 Å². The minimum absolute atomic E-state index is 0.823. The highest BCUT2D eigenvalue weighted by Gasteiger charge is 2.09. The van der Waals surface area contributed by atoms with Gasteiger partial charge >= 0.3 is 0 Å². The van der Waals surface area contributed by atoms with Crippen molar-refractivity contribution < 1.29 is 18.9 Å². The summed E-state index contributed by atoms with van der Waals surface area (Å²) in [6.45, 7) is 0. The summed E-state index contributed by atoms with van der Waals surface area (Å²) < 4.78 is 21.4. The van der Waals surface area contributed by atoms with E-state index in [4.69, 9.17) is 18.9 Å². The van der Waals surface area contributed by atoms with Gasteiger partial charge in [0.25, 0.3) is 0 Å². The Morgan fingerprint density at radius 2 is 1.00 bits per heavy atom. The predicted octanol–water partition coefficient (Wildman–Crippen LogP) is 3.51. The summed E-state index contributed by atoms with van der Waals surface area (Å²) >= 11 is 0. The van der Waals surface area contributed by atoms with E-state index in [0.29, 0.717) is 0 Å². The third-order valence-electron chi connectivity index (χ3n) is 3.64. The molecule has 22 heavy (non-hydrogen) atoms. The Hall–Kier alpha value is -2.36. The van der Waals surface area contributed by atoms with E-state index in [-0.39, 0.29) is 0 Å². The SMILES string of the molecule is COc1ccc(OC)c(CCc2cc(OC)ccc2OC)c1. The van der Waals surface area contributed by atoms with Crippen LogP contribution in [0.4, 0.5) is 0 Å². The molecule has 0 aliphatic heterocycles. The zero-order valence-corrected chi connectivity index (χ0v) is 13.5. The van der Waals surface area contributed by atoms with Gasteiger partial charge in [-0.3, -0.25) is 0 Å². The normalized spacial score (nSPS) is 10.2. The van der Waals surface area contributed by atoms with Gasteiger partial charge in [0.1, 0.15) is 23.0 Å². The number of hydrogen-bond acceptors (Lipinski definition) is 4. The quantitative estimate of drug-likeness (QED) is 0.784. The molecule has 2 aromatic carbocycles. The molecule has 0 heterocycles. The number of ether oxygens (including phenoxy) is 4. The first-order chi connectivity index (χ1) is 10.7. The molecule has 0 spiro atoms. The average Bonchev–Trinajstić information content (AvgIpc) is 2.59. The van der Waals surface area contributed by atoms with Crippen molar-refractivity contribution in [1.82, 2.24) is 0 Å². The number of methoxy groups -OCH3 is 4. The van der Waals surface area contributed by atoms with Crippen LogP contribution in [0.15, 0.2) is 36.4 Å². The number of rotatable bonds is 7. The first kappa shape index (κ1) is 16.0. The summed E-state index contributed by atoms with van der Waals surface area (Å²) in [5, 5.41) is 0. The number of aryl methyl sites for hydroxylation is 2. The molecule has 0 aliphatic rings. The van der Waals surface area contributed by atoms with Gasteiger partial charge < -0.3 is 18.9 Å². The van der Waals surface area contributed by atoms with Gasteiger partial charge in [-0.25, -0.2) is 0 Å². The number of benzene rings is 2. The maximum absolute atomic E-state index is 5.42. The Labute approximate surface area is 131 Å². The minimum Gasteiger partial charge on any atom is -0.497 e. The Morgan fingerprint density at radius 3 is 1.32 bits per heavy atom. The molecule has 0 aliphatic carbocycles. The molecular weight excluding hydrogens is 280 g/mol. The Bertz CT molecular complexity index is 567. The molecule has 0 radical (unpaired) electrons. The third-order valence-corrected chi connectivity index (χ3v) is 3.64. The fraction of sp³-hybridized carbons (Fsp3) is 0.333. The van der Waals surface area contributed by atoms with Crippen LogP contribution in [0, 0.1) is 0 Å². The molecule has 0 bridgehead atoms. The van der Waals surface area contributed by atoms with E-state index >= 15 is 0 Å². The molecule has 2 rings (SSSR count). The van der Waals surface area contributed by atoms with Gasteiger partial charge in [0, 0.05) is 0 Å². The van der Waals surface area contributed by atoms with E-state index in [1.165, 1.54) is 0 Å². The molecule has 2 aromatic rings. The molecule has 4 heteroatoms. The zero-order valence-electron chi connectivity index (χ0n) is 13.5. The molecule has 118 valence electrons. The van der Waals surface area contributed by atoms with Gasteiger partial charge in [0.05, 0.1) is 28.4 Å². The van der Waals surface area contributed by atoms with Gasteiger partial charge in [-0.15, -0.1) is 0 Å². The lowest BCUT2D eigenvalue weighted by Gasteiger charge is -2.13. The van der Waals surface area contributed by atoms with Crippen molar-refractivity contribution in [1.29, 1.82) is 0 Å². The first-order valence-corrected chi connectivity index (χ1v) is 7.13. The van der Waals surface area contributed by atoms with Crippen molar-refractivity contribution in [2.75, 3.05) is 28.4 Å². The van der Waals surface area contributed by atoms with Crippen LogP contribution in [0.5, 0.6) is 23.0 Å². The molecule has 4 nitrogen and oxygen atoms in total. The van der Waals surface area contributed by atoms with Crippen LogP contribution in [0.3, 0.4) is 0 Å². The fourth-order valence-corrected chi connectivity index (χ4v) is 2.42. The van der Waals surface area contributed by atoms with Gasteiger partial charge in [0.15, 0.2) is 0 Å². The van der Waals surface area contributed by atoms with E-state index in [0.717, 1.165) is 47.0 Å². The maximum atomic E-state index is 5.42. The van der Waals surface area contributed by atoms with Crippen LogP contribution in [-0.4, -0.2) is 28.4 Å². The van der Waals surface area contributed by atoms with E-state index in [1.807, 2.05) is 36.4 Å². The van der Waals surface area contributed by atoms with E-state index < -0.39 is 0 Å². The van der Waals surface area contributed by atoms with Crippen LogP contribution < -0.4 is 18.9 Å². The largest absolute Gasteiger partial charge is 0.497 e. The lowest BCUT2D eigenvalue weighted by Crippen LogP contribution is -1.99. The molecule has 0 aromatic heterocycles. The summed E-state index contributed by atoms with van der Waals surface area (Å²) in [6, 6.07) is 11.7. The number of hydrogen-bond donors (Lipinski definition) is 0. The maximum Gasteiger partial charge on any atom is 0.122 e. The highest BCUT2D eigenvalue weighted by Crippen LogP contribution is 2.29. The summed E-state index contributed by atoms with van der Waals surface area (Å²) in [6.07, 6.45) is 1.65. The van der Waals surface area contributed by atoms with Gasteiger partial charge in [0.2, 0.25) is 0 Å². The lowest BCUT2D eigenvalue weighted by atomic mass is 10.0. The topological polar surface area (TPSA) is 36.9 Å². The van der Waals surface area contributed by atoms with E-state index in [2.05, 4.69) is 0 Å². The van der Waals surface area contributed by atoms with Crippen molar-refractivity contribution in [3.8, 4) is 23.0 Å². The van der Waals surface area contributed by atoms with E-state index in [1.54, 1.807) is 28.4 Å². The summed E-state index contributed by atoms with van der Waals surface area (Å²) in [5.41, 5.74) is 2.21. The predicted molar refractivity (Wildman–Crippen MR) is 86.5 cm³/mol. The van der Waals surface area contributed by atoms with Crippen LogP contribution in [0.1, 0.15) is 11.1 Å². The third kappa shape index (κ3) is 3.64. The van der Waals surface area contributed by atoms with Crippen molar-refractivity contribution in [2.45, 2.75) is 12.8 Å². The summed E-state index contributed by atoms with van der Waals surface area (Å²) in [7, 11) is 6.68. The van der Waals surface area contributed by atoms with Crippen LogP contribution >= 0.6 is 0 Å².